The molecule has 0 saturated carbocycles. The fourth-order valence-electron chi connectivity index (χ4n) is 0.698. The first kappa shape index (κ1) is 11.2. The second-order valence-corrected chi connectivity index (χ2v) is 4.23. The lowest BCUT2D eigenvalue weighted by Crippen LogP contribution is -2.34. The zero-order valence-corrected chi connectivity index (χ0v) is 9.05. The molecule has 0 aromatic carbocycles. The van der Waals surface area contributed by atoms with Crippen LogP contribution < -0.4 is 10.6 Å². The van der Waals surface area contributed by atoms with Crippen molar-refractivity contribution >= 4 is 22.6 Å². The third-order valence-corrected chi connectivity index (χ3v) is 1.70. The maximum atomic E-state index is 6.85. The zero-order chi connectivity index (χ0) is 8.69. The molecule has 0 aromatic heterocycles. The molecule has 66 valence electrons. The van der Waals surface area contributed by atoms with E-state index in [2.05, 4.69) is 45.3 Å². The van der Waals surface area contributed by atoms with E-state index in [-0.39, 0.29) is 6.04 Å². The molecule has 0 rings (SSSR count). The van der Waals surface area contributed by atoms with Gasteiger partial charge in [0.15, 0.2) is 0 Å². The predicted octanol–water partition coefficient (Wildman–Crippen LogP) is 0.976. The lowest BCUT2D eigenvalue weighted by atomic mass is 10.3. The van der Waals surface area contributed by atoms with Crippen molar-refractivity contribution in [2.24, 2.45) is 5.11 Å². The number of nitrogens with zero attached hydrogens (tertiary/aromatic N) is 1. The Labute approximate surface area is 81.2 Å². The molecule has 0 heterocycles. The van der Waals surface area contributed by atoms with E-state index in [4.69, 9.17) is 5.53 Å². The maximum absolute atomic E-state index is 6.85. The van der Waals surface area contributed by atoms with Gasteiger partial charge in [0, 0.05) is 13.1 Å². The number of nitrogens with one attached hydrogen (secondary N) is 3. The highest BCUT2D eigenvalue weighted by Crippen LogP contribution is 1.94. The summed E-state index contributed by atoms with van der Waals surface area (Å²) >= 11 is 2.29. The largest absolute Gasteiger partial charge is 0.318 e. The van der Waals surface area contributed by atoms with Gasteiger partial charge in [-0.25, -0.2) is 5.53 Å². The summed E-state index contributed by atoms with van der Waals surface area (Å²) in [5.74, 6) is 0. The molecule has 0 amide bonds. The third kappa shape index (κ3) is 6.64. The molecule has 0 fully saturated rings. The van der Waals surface area contributed by atoms with Crippen molar-refractivity contribution in [2.45, 2.75) is 17.0 Å². The van der Waals surface area contributed by atoms with Crippen LogP contribution in [-0.4, -0.2) is 30.2 Å². The molecule has 0 saturated heterocycles. The molecule has 1 unspecified atom stereocenters. The molecule has 3 N–H and O–H groups in total. The highest BCUT2D eigenvalue weighted by molar-refractivity contribution is 14.1. The maximum Gasteiger partial charge on any atom is 0.0953 e. The van der Waals surface area contributed by atoms with Gasteiger partial charge in [-0.3, -0.25) is 0 Å². The first-order chi connectivity index (χ1) is 5.20. The Morgan fingerprint density at radius 3 is 2.55 bits per heavy atom. The Kier molecular flexibility index (Phi) is 7.09. The van der Waals surface area contributed by atoms with Crippen molar-refractivity contribution in [2.75, 3.05) is 20.1 Å². The van der Waals surface area contributed by atoms with Crippen LogP contribution >= 0.6 is 22.6 Å². The fourth-order valence-corrected chi connectivity index (χ4v) is 0.952. The van der Waals surface area contributed by atoms with Gasteiger partial charge in [0.2, 0.25) is 0 Å². The molecule has 0 aliphatic heterocycles. The lowest BCUT2D eigenvalue weighted by Gasteiger charge is -2.12. The topological polar surface area (TPSA) is 60.3 Å². The molecule has 11 heavy (non-hydrogen) atoms. The number of halogens is 1. The minimum atomic E-state index is 0.0669. The molecule has 0 radical (unpaired) electrons. The first-order valence-corrected chi connectivity index (χ1v) is 4.84. The minimum absolute atomic E-state index is 0.0669. The van der Waals surface area contributed by atoms with Crippen molar-refractivity contribution in [1.29, 1.82) is 5.53 Å². The van der Waals surface area contributed by atoms with Gasteiger partial charge in [0.05, 0.1) is 10.1 Å². The van der Waals surface area contributed by atoms with Gasteiger partial charge in [-0.1, -0.05) is 22.6 Å². The predicted molar refractivity (Wildman–Crippen MR) is 54.3 cm³/mol. The van der Waals surface area contributed by atoms with Crippen LogP contribution in [-0.2, 0) is 0 Å². The number of rotatable bonds is 6. The summed E-state index contributed by atoms with van der Waals surface area (Å²) in [6.07, 6.45) is 0. The average molecular weight is 270 g/mol. The van der Waals surface area contributed by atoms with Crippen LogP contribution in [0.25, 0.3) is 0 Å². The summed E-state index contributed by atoms with van der Waals surface area (Å²) < 4.78 is 0.439. The van der Waals surface area contributed by atoms with Crippen molar-refractivity contribution in [1.82, 2.24) is 10.6 Å². The van der Waals surface area contributed by atoms with E-state index in [0.717, 1.165) is 13.1 Å². The van der Waals surface area contributed by atoms with Gasteiger partial charge < -0.3 is 10.6 Å². The standard InChI is InChI=1S/C6H15IN4/c1-5(7)10-4-6(11-8)3-9-2/h5-6,8-10H,3-4H2,1-2H3/t5-,6?/m1/s1. The van der Waals surface area contributed by atoms with Gasteiger partial charge in [0.1, 0.15) is 0 Å². The Bertz CT molecular complexity index is 107. The van der Waals surface area contributed by atoms with E-state index in [9.17, 15) is 0 Å². The summed E-state index contributed by atoms with van der Waals surface area (Å²) in [7, 11) is 1.87. The van der Waals surface area contributed by atoms with E-state index in [0.29, 0.717) is 4.05 Å². The lowest BCUT2D eigenvalue weighted by molar-refractivity contribution is 0.533. The van der Waals surface area contributed by atoms with Crippen LogP contribution in [0.2, 0.25) is 0 Å². The average Bonchev–Trinajstić information content (AvgIpc) is 1.97. The van der Waals surface area contributed by atoms with Crippen LogP contribution in [0.3, 0.4) is 0 Å². The summed E-state index contributed by atoms with van der Waals surface area (Å²) in [5.41, 5.74) is 6.85. The fraction of sp³-hybridized carbons (Fsp3) is 1.00. The van der Waals surface area contributed by atoms with Gasteiger partial charge in [-0.05, 0) is 14.0 Å². The molecular formula is C6H15IN4. The highest BCUT2D eigenvalue weighted by Gasteiger charge is 2.05. The van der Waals surface area contributed by atoms with Crippen molar-refractivity contribution in [3.05, 3.63) is 0 Å². The van der Waals surface area contributed by atoms with Gasteiger partial charge in [-0.2, -0.15) is 5.11 Å². The molecule has 0 aliphatic carbocycles. The van der Waals surface area contributed by atoms with Crippen molar-refractivity contribution in [3.63, 3.8) is 0 Å². The van der Waals surface area contributed by atoms with E-state index >= 15 is 0 Å². The normalized spacial score (nSPS) is 15.9. The van der Waals surface area contributed by atoms with Crippen LogP contribution in [0.15, 0.2) is 5.11 Å². The van der Waals surface area contributed by atoms with Crippen LogP contribution in [0.4, 0.5) is 0 Å². The molecule has 0 aliphatic rings. The summed E-state index contributed by atoms with van der Waals surface area (Å²) in [4.78, 5) is 0. The van der Waals surface area contributed by atoms with Gasteiger partial charge in [0.25, 0.3) is 0 Å². The van der Waals surface area contributed by atoms with Gasteiger partial charge >= 0.3 is 0 Å². The van der Waals surface area contributed by atoms with E-state index in [1.165, 1.54) is 0 Å². The van der Waals surface area contributed by atoms with E-state index < -0.39 is 0 Å². The Hall–Kier alpha value is 0.250. The van der Waals surface area contributed by atoms with Crippen LogP contribution in [0.5, 0.6) is 0 Å². The summed E-state index contributed by atoms with van der Waals surface area (Å²) in [6, 6.07) is 0.0669. The Morgan fingerprint density at radius 2 is 2.18 bits per heavy atom. The number of hydrogen-bond acceptors (Lipinski definition) is 4. The molecule has 0 aromatic rings. The number of likely N-dealkylation sites (N-methyl/N-ethyl adjacent to an activating group) is 1. The zero-order valence-electron chi connectivity index (χ0n) is 6.89. The molecule has 5 heteroatoms. The quantitative estimate of drug-likeness (QED) is 0.291. The second-order valence-electron chi connectivity index (χ2n) is 2.36. The van der Waals surface area contributed by atoms with Crippen molar-refractivity contribution < 1.29 is 0 Å². The van der Waals surface area contributed by atoms with Crippen LogP contribution in [0.1, 0.15) is 6.92 Å². The van der Waals surface area contributed by atoms with Crippen molar-refractivity contribution in [3.8, 4) is 0 Å². The Balaban J connectivity index is 3.43. The van der Waals surface area contributed by atoms with E-state index in [1.54, 1.807) is 0 Å². The van der Waals surface area contributed by atoms with E-state index in [1.807, 2.05) is 7.05 Å². The van der Waals surface area contributed by atoms with Crippen LogP contribution in [0, 0.1) is 5.53 Å². The smallest absolute Gasteiger partial charge is 0.0953 e. The van der Waals surface area contributed by atoms with Gasteiger partial charge in [-0.15, -0.1) is 0 Å². The number of alkyl halides is 1. The minimum Gasteiger partial charge on any atom is -0.318 e. The molecule has 4 nitrogen and oxygen atoms in total. The number of hydrogen-bond donors (Lipinski definition) is 3. The summed E-state index contributed by atoms with van der Waals surface area (Å²) in [6.45, 7) is 3.61. The first-order valence-electron chi connectivity index (χ1n) is 3.59. The summed E-state index contributed by atoms with van der Waals surface area (Å²) in [5, 5.41) is 9.67. The SMILES string of the molecule is CNCC(CN[C@H](C)I)N=N. The molecule has 0 bridgehead atoms. The third-order valence-electron chi connectivity index (χ3n) is 1.26. The second kappa shape index (κ2) is 6.93. The molecule has 0 spiro atoms. The monoisotopic (exact) mass is 270 g/mol. The molecular weight excluding hydrogens is 255 g/mol. The highest BCUT2D eigenvalue weighted by atomic mass is 127. The Morgan fingerprint density at radius 1 is 1.55 bits per heavy atom. The molecule has 2 atom stereocenters.